The van der Waals surface area contributed by atoms with Crippen molar-refractivity contribution in [3.05, 3.63) is 36.2 Å². The van der Waals surface area contributed by atoms with Gasteiger partial charge < -0.3 is 25.3 Å². The highest BCUT2D eigenvalue weighted by Gasteiger charge is 2.37. The van der Waals surface area contributed by atoms with Crippen LogP contribution in [0.1, 0.15) is 24.8 Å². The van der Waals surface area contributed by atoms with Gasteiger partial charge >= 0.3 is 12.3 Å². The lowest BCUT2D eigenvalue weighted by atomic mass is 10.0. The van der Waals surface area contributed by atoms with Crippen molar-refractivity contribution >= 4 is 35.4 Å². The highest BCUT2D eigenvalue weighted by molar-refractivity contribution is 7.70. The van der Waals surface area contributed by atoms with Crippen LogP contribution >= 0.6 is 7.14 Å². The monoisotopic (exact) mass is 495 g/mol. The molecule has 1 aromatic carbocycles. The molecule has 2 heterocycles. The number of amides is 1. The van der Waals surface area contributed by atoms with Gasteiger partial charge in [0.1, 0.15) is 12.7 Å². The number of halogens is 3. The third-order valence-electron chi connectivity index (χ3n) is 6.11. The van der Waals surface area contributed by atoms with Crippen molar-refractivity contribution in [3.63, 3.8) is 0 Å². The summed E-state index contributed by atoms with van der Waals surface area (Å²) in [5.41, 5.74) is -0.508. The van der Waals surface area contributed by atoms with E-state index in [4.69, 9.17) is 5.11 Å². The topological polar surface area (TPSA) is 120 Å². The number of carboxylic acid groups (broad SMARTS) is 1. The number of rotatable bonds is 6. The van der Waals surface area contributed by atoms with Crippen LogP contribution in [0.3, 0.4) is 0 Å². The average molecular weight is 495 g/mol. The van der Waals surface area contributed by atoms with Crippen molar-refractivity contribution in [2.45, 2.75) is 31.5 Å². The Kier molecular flexibility index (Phi) is 6.33. The molecular formula is C22H25F3N5O3P. The normalized spacial score (nSPS) is 18.9. The van der Waals surface area contributed by atoms with Crippen LogP contribution < -0.4 is 15.9 Å². The second-order valence-electron chi connectivity index (χ2n) is 8.83. The molecule has 1 fully saturated rings. The minimum Gasteiger partial charge on any atom is -0.465 e. The van der Waals surface area contributed by atoms with E-state index < -0.39 is 25.0 Å². The number of aromatic amines is 1. The fourth-order valence-electron chi connectivity index (χ4n) is 4.50. The van der Waals surface area contributed by atoms with Gasteiger partial charge in [-0.3, -0.25) is 0 Å². The Balaban J connectivity index is 1.75. The van der Waals surface area contributed by atoms with E-state index in [1.54, 1.807) is 31.5 Å². The Labute approximate surface area is 193 Å². The number of nitrogens with zero attached hydrogens (tertiary/aromatic N) is 2. The minimum atomic E-state index is -4.68. The van der Waals surface area contributed by atoms with E-state index in [-0.39, 0.29) is 35.7 Å². The standard InChI is InChI=1S/C22H25F3N5O3P/c1-34(2,33)17-8-4-6-13-14(10-26-19(13)17)18-15(22(23,24)25)11-27-20(30-18)29-16-7-3-5-12(16)9-28-21(31)32/h4,6,8,10-12,16,26,28H,3,5,7,9H2,1-2H3,(H,31,32)(H,27,29,30)/t12-,16-/m0/s1. The van der Waals surface area contributed by atoms with Gasteiger partial charge in [0.05, 0.1) is 11.2 Å². The summed E-state index contributed by atoms with van der Waals surface area (Å²) >= 11 is 0. The molecule has 2 atom stereocenters. The Hall–Kier alpha value is -3.07. The molecule has 0 bridgehead atoms. The summed E-state index contributed by atoms with van der Waals surface area (Å²) in [6.45, 7) is 3.45. The van der Waals surface area contributed by atoms with E-state index in [2.05, 4.69) is 25.6 Å². The smallest absolute Gasteiger partial charge is 0.419 e. The van der Waals surface area contributed by atoms with Gasteiger partial charge in [0.15, 0.2) is 0 Å². The fraction of sp³-hybridized carbons (Fsp3) is 0.409. The number of H-pyrrole nitrogens is 1. The van der Waals surface area contributed by atoms with Gasteiger partial charge in [-0.15, -0.1) is 0 Å². The van der Waals surface area contributed by atoms with Crippen molar-refractivity contribution in [1.29, 1.82) is 0 Å². The van der Waals surface area contributed by atoms with E-state index in [0.29, 0.717) is 16.2 Å². The second-order valence-corrected chi connectivity index (χ2v) is 12.0. The highest BCUT2D eigenvalue weighted by Crippen LogP contribution is 2.42. The van der Waals surface area contributed by atoms with E-state index in [1.165, 1.54) is 6.20 Å². The van der Waals surface area contributed by atoms with Gasteiger partial charge in [-0.1, -0.05) is 18.6 Å². The molecule has 1 aliphatic carbocycles. The molecule has 34 heavy (non-hydrogen) atoms. The minimum absolute atomic E-state index is 0.0238. The molecule has 0 aliphatic heterocycles. The number of hydrogen-bond acceptors (Lipinski definition) is 5. The van der Waals surface area contributed by atoms with Crippen LogP contribution in [0.2, 0.25) is 0 Å². The lowest BCUT2D eigenvalue weighted by Crippen LogP contribution is -2.35. The zero-order valence-electron chi connectivity index (χ0n) is 18.6. The van der Waals surface area contributed by atoms with Crippen molar-refractivity contribution in [2.24, 2.45) is 5.92 Å². The first kappa shape index (κ1) is 24.1. The van der Waals surface area contributed by atoms with E-state index in [0.717, 1.165) is 25.5 Å². The zero-order chi connectivity index (χ0) is 24.7. The average Bonchev–Trinajstić information content (AvgIpc) is 3.37. The highest BCUT2D eigenvalue weighted by atomic mass is 31.2. The van der Waals surface area contributed by atoms with Crippen LogP contribution in [0.4, 0.5) is 23.9 Å². The van der Waals surface area contributed by atoms with Crippen LogP contribution in [0, 0.1) is 5.92 Å². The van der Waals surface area contributed by atoms with Crippen LogP contribution in [-0.2, 0) is 10.7 Å². The van der Waals surface area contributed by atoms with Gasteiger partial charge in [-0.25, -0.2) is 14.8 Å². The molecule has 1 aliphatic rings. The number of alkyl halides is 3. The Morgan fingerprint density at radius 3 is 2.74 bits per heavy atom. The molecule has 3 aromatic rings. The first-order valence-corrected chi connectivity index (χ1v) is 13.4. The fourth-order valence-corrected chi connectivity index (χ4v) is 5.67. The van der Waals surface area contributed by atoms with Crippen LogP contribution in [-0.4, -0.2) is 52.1 Å². The summed E-state index contributed by atoms with van der Waals surface area (Å²) in [5, 5.41) is 15.4. The van der Waals surface area contributed by atoms with Gasteiger partial charge in [-0.2, -0.15) is 13.2 Å². The molecule has 4 N–H and O–H groups in total. The second kappa shape index (κ2) is 8.94. The lowest BCUT2D eigenvalue weighted by molar-refractivity contribution is -0.137. The molecule has 1 saturated carbocycles. The Morgan fingerprint density at radius 1 is 1.29 bits per heavy atom. The third-order valence-corrected chi connectivity index (χ3v) is 7.64. The maximum Gasteiger partial charge on any atom is 0.419 e. The molecule has 0 unspecified atom stereocenters. The van der Waals surface area contributed by atoms with E-state index in [9.17, 15) is 22.5 Å². The van der Waals surface area contributed by atoms with Crippen LogP contribution in [0.15, 0.2) is 30.6 Å². The summed E-state index contributed by atoms with van der Waals surface area (Å²) in [4.78, 5) is 22.0. The number of benzene rings is 1. The van der Waals surface area contributed by atoms with Gasteiger partial charge in [0.2, 0.25) is 5.95 Å². The summed E-state index contributed by atoms with van der Waals surface area (Å²) in [7, 11) is -2.68. The molecule has 4 rings (SSSR count). The van der Waals surface area contributed by atoms with Crippen molar-refractivity contribution in [3.8, 4) is 11.3 Å². The number of fused-ring (bicyclic) bond motifs is 1. The van der Waals surface area contributed by atoms with E-state index in [1.807, 2.05) is 0 Å². The van der Waals surface area contributed by atoms with Crippen molar-refractivity contribution < 1.29 is 27.6 Å². The predicted molar refractivity (Wildman–Crippen MR) is 124 cm³/mol. The van der Waals surface area contributed by atoms with Gasteiger partial charge in [0.25, 0.3) is 0 Å². The molecule has 182 valence electrons. The summed E-state index contributed by atoms with van der Waals surface area (Å²) in [5.74, 6) is 0.0155. The molecule has 2 aromatic heterocycles. The maximum atomic E-state index is 13.9. The summed E-state index contributed by atoms with van der Waals surface area (Å²) in [6.07, 6.45) is -1.23. The largest absolute Gasteiger partial charge is 0.465 e. The number of hydrogen-bond donors (Lipinski definition) is 4. The number of para-hydroxylation sites is 1. The molecule has 0 spiro atoms. The molecule has 12 heteroatoms. The van der Waals surface area contributed by atoms with Crippen LogP contribution in [0.25, 0.3) is 22.2 Å². The molecule has 0 saturated heterocycles. The SMILES string of the molecule is CP(C)(=O)c1cccc2c(-c3nc(N[C@H]4CCC[C@H]4CNC(=O)O)ncc3C(F)(F)F)c[nH]c12. The Bertz CT molecular complexity index is 1270. The number of aromatic nitrogens is 3. The first-order valence-electron chi connectivity index (χ1n) is 10.8. The molecule has 8 nitrogen and oxygen atoms in total. The predicted octanol–water partition coefficient (Wildman–Crippen LogP) is 4.74. The maximum absolute atomic E-state index is 13.9. The molecular weight excluding hydrogens is 470 g/mol. The number of carbonyl (C=O) groups is 1. The summed E-state index contributed by atoms with van der Waals surface area (Å²) < 4.78 is 54.3. The molecule has 1 amide bonds. The van der Waals surface area contributed by atoms with Crippen LogP contribution in [0.5, 0.6) is 0 Å². The van der Waals surface area contributed by atoms with Crippen molar-refractivity contribution in [1.82, 2.24) is 20.3 Å². The van der Waals surface area contributed by atoms with Gasteiger partial charge in [-0.05, 0) is 38.2 Å². The molecule has 0 radical (unpaired) electrons. The number of nitrogens with one attached hydrogen (secondary N) is 3. The van der Waals surface area contributed by atoms with E-state index >= 15 is 0 Å². The quantitative estimate of drug-likeness (QED) is 0.367. The van der Waals surface area contributed by atoms with Gasteiger partial charge in [0, 0.05) is 41.2 Å². The summed E-state index contributed by atoms with van der Waals surface area (Å²) in [6, 6.07) is 4.87. The lowest BCUT2D eigenvalue weighted by Gasteiger charge is -2.21. The number of anilines is 1. The van der Waals surface area contributed by atoms with Crippen molar-refractivity contribution in [2.75, 3.05) is 25.2 Å². The first-order chi connectivity index (χ1) is 15.9. The zero-order valence-corrected chi connectivity index (χ0v) is 19.5. The third kappa shape index (κ3) is 4.89. The Morgan fingerprint density at radius 2 is 2.06 bits per heavy atom.